The molecule has 0 bridgehead atoms. The SMILES string of the molecule is COCC(C)NC(N)=NCc1cccc(Br)c1.I. The number of hydrogen-bond donors (Lipinski definition) is 2. The van der Waals surface area contributed by atoms with Gasteiger partial charge in [0.2, 0.25) is 0 Å². The summed E-state index contributed by atoms with van der Waals surface area (Å²) in [5, 5.41) is 3.06. The van der Waals surface area contributed by atoms with E-state index >= 15 is 0 Å². The van der Waals surface area contributed by atoms with Crippen molar-refractivity contribution in [1.82, 2.24) is 5.32 Å². The summed E-state index contributed by atoms with van der Waals surface area (Å²) < 4.78 is 6.05. The van der Waals surface area contributed by atoms with Gasteiger partial charge in [0.25, 0.3) is 0 Å². The van der Waals surface area contributed by atoms with E-state index in [0.29, 0.717) is 19.1 Å². The van der Waals surface area contributed by atoms with Gasteiger partial charge in [0, 0.05) is 17.6 Å². The number of halogens is 2. The van der Waals surface area contributed by atoms with Gasteiger partial charge in [-0.15, -0.1) is 24.0 Å². The average molecular weight is 428 g/mol. The van der Waals surface area contributed by atoms with E-state index in [1.54, 1.807) is 7.11 Å². The van der Waals surface area contributed by atoms with Crippen LogP contribution in [0.5, 0.6) is 0 Å². The Labute approximate surface area is 134 Å². The zero-order valence-electron chi connectivity index (χ0n) is 10.5. The molecule has 102 valence electrons. The number of hydrogen-bond acceptors (Lipinski definition) is 2. The highest BCUT2D eigenvalue weighted by molar-refractivity contribution is 14.0. The second-order valence-corrected chi connectivity index (χ2v) is 4.75. The summed E-state index contributed by atoms with van der Waals surface area (Å²) in [6.07, 6.45) is 0. The third-order valence-electron chi connectivity index (χ3n) is 2.13. The Bertz CT molecular complexity index is 387. The monoisotopic (exact) mass is 427 g/mol. The molecule has 0 heterocycles. The van der Waals surface area contributed by atoms with E-state index in [2.05, 4.69) is 26.2 Å². The molecule has 0 aromatic heterocycles. The fraction of sp³-hybridized carbons (Fsp3) is 0.417. The van der Waals surface area contributed by atoms with Crippen molar-refractivity contribution in [3.8, 4) is 0 Å². The van der Waals surface area contributed by atoms with Gasteiger partial charge in [-0.2, -0.15) is 0 Å². The van der Waals surface area contributed by atoms with E-state index < -0.39 is 0 Å². The molecular formula is C12H19BrIN3O. The van der Waals surface area contributed by atoms with Gasteiger partial charge in [-0.1, -0.05) is 28.1 Å². The number of benzene rings is 1. The summed E-state index contributed by atoms with van der Waals surface area (Å²) in [6, 6.07) is 8.16. The third kappa shape index (κ3) is 7.17. The maximum absolute atomic E-state index is 5.76. The molecule has 0 saturated carbocycles. The summed E-state index contributed by atoms with van der Waals surface area (Å²) in [7, 11) is 1.66. The molecular weight excluding hydrogens is 409 g/mol. The molecule has 3 N–H and O–H groups in total. The second-order valence-electron chi connectivity index (χ2n) is 3.83. The largest absolute Gasteiger partial charge is 0.383 e. The number of aliphatic imine (C=N–C) groups is 1. The highest BCUT2D eigenvalue weighted by Crippen LogP contribution is 2.12. The number of nitrogens with zero attached hydrogens (tertiary/aromatic N) is 1. The predicted octanol–water partition coefficient (Wildman–Crippen LogP) is 2.51. The molecule has 6 heteroatoms. The van der Waals surface area contributed by atoms with Crippen molar-refractivity contribution < 1.29 is 4.74 Å². The fourth-order valence-electron chi connectivity index (χ4n) is 1.40. The smallest absolute Gasteiger partial charge is 0.189 e. The lowest BCUT2D eigenvalue weighted by Gasteiger charge is -2.13. The minimum absolute atomic E-state index is 0. The van der Waals surface area contributed by atoms with Gasteiger partial charge in [0.05, 0.1) is 13.2 Å². The van der Waals surface area contributed by atoms with Gasteiger partial charge in [0.15, 0.2) is 5.96 Å². The number of ether oxygens (including phenoxy) is 1. The number of guanidine groups is 1. The van der Waals surface area contributed by atoms with Crippen molar-refractivity contribution in [3.63, 3.8) is 0 Å². The molecule has 0 saturated heterocycles. The first-order valence-electron chi connectivity index (χ1n) is 5.41. The van der Waals surface area contributed by atoms with E-state index in [9.17, 15) is 0 Å². The van der Waals surface area contributed by atoms with Crippen molar-refractivity contribution in [2.24, 2.45) is 10.7 Å². The molecule has 4 nitrogen and oxygen atoms in total. The van der Waals surface area contributed by atoms with Gasteiger partial charge in [-0.3, -0.25) is 0 Å². The summed E-state index contributed by atoms with van der Waals surface area (Å²) in [5.41, 5.74) is 6.88. The Morgan fingerprint density at radius 1 is 1.56 bits per heavy atom. The van der Waals surface area contributed by atoms with E-state index in [-0.39, 0.29) is 30.0 Å². The molecule has 1 atom stereocenters. The lowest BCUT2D eigenvalue weighted by atomic mass is 10.2. The fourth-order valence-corrected chi connectivity index (χ4v) is 1.85. The first kappa shape index (κ1) is 17.7. The van der Waals surface area contributed by atoms with E-state index in [1.165, 1.54) is 0 Å². The number of methoxy groups -OCH3 is 1. The molecule has 1 aromatic carbocycles. The molecule has 0 aliphatic carbocycles. The normalized spacial score (nSPS) is 12.7. The van der Waals surface area contributed by atoms with Crippen molar-refractivity contribution >= 4 is 45.9 Å². The van der Waals surface area contributed by atoms with Crippen LogP contribution in [0.15, 0.2) is 33.7 Å². The van der Waals surface area contributed by atoms with Crippen LogP contribution < -0.4 is 11.1 Å². The van der Waals surface area contributed by atoms with Gasteiger partial charge < -0.3 is 15.8 Å². The van der Waals surface area contributed by atoms with Gasteiger partial charge in [0.1, 0.15) is 0 Å². The van der Waals surface area contributed by atoms with Crippen LogP contribution in [-0.2, 0) is 11.3 Å². The first-order valence-corrected chi connectivity index (χ1v) is 6.21. The van der Waals surface area contributed by atoms with Crippen LogP contribution in [0, 0.1) is 0 Å². The topological polar surface area (TPSA) is 59.6 Å². The lowest BCUT2D eigenvalue weighted by Crippen LogP contribution is -2.40. The van der Waals surface area contributed by atoms with Crippen LogP contribution in [0.25, 0.3) is 0 Å². The summed E-state index contributed by atoms with van der Waals surface area (Å²) in [6.45, 7) is 3.16. The Kier molecular flexibility index (Phi) is 9.39. The third-order valence-corrected chi connectivity index (χ3v) is 2.63. The Hall–Kier alpha value is -0.340. The van der Waals surface area contributed by atoms with Crippen LogP contribution in [0.2, 0.25) is 0 Å². The molecule has 0 radical (unpaired) electrons. The van der Waals surface area contributed by atoms with Crippen molar-refractivity contribution in [2.45, 2.75) is 19.5 Å². The Morgan fingerprint density at radius 3 is 2.89 bits per heavy atom. The van der Waals surface area contributed by atoms with E-state index in [4.69, 9.17) is 10.5 Å². The maximum atomic E-state index is 5.76. The second kappa shape index (κ2) is 9.57. The van der Waals surface area contributed by atoms with Gasteiger partial charge >= 0.3 is 0 Å². The lowest BCUT2D eigenvalue weighted by molar-refractivity contribution is 0.179. The van der Waals surface area contributed by atoms with Crippen molar-refractivity contribution in [1.29, 1.82) is 0 Å². The van der Waals surface area contributed by atoms with Crippen LogP contribution in [0.4, 0.5) is 0 Å². The van der Waals surface area contributed by atoms with Crippen LogP contribution >= 0.6 is 39.9 Å². The molecule has 0 fully saturated rings. The average Bonchev–Trinajstić information content (AvgIpc) is 2.27. The molecule has 18 heavy (non-hydrogen) atoms. The molecule has 0 aliphatic rings. The van der Waals surface area contributed by atoms with E-state index in [1.807, 2.05) is 31.2 Å². The van der Waals surface area contributed by atoms with Gasteiger partial charge in [-0.25, -0.2) is 4.99 Å². The zero-order valence-corrected chi connectivity index (χ0v) is 14.4. The summed E-state index contributed by atoms with van der Waals surface area (Å²) in [5.74, 6) is 0.439. The standard InChI is InChI=1S/C12H18BrN3O.HI/c1-9(8-17-2)16-12(14)15-7-10-4-3-5-11(13)6-10;/h3-6,9H,7-8H2,1-2H3,(H3,14,15,16);1H. The Morgan fingerprint density at radius 2 is 2.28 bits per heavy atom. The summed E-state index contributed by atoms with van der Waals surface area (Å²) in [4.78, 5) is 4.26. The quantitative estimate of drug-likeness (QED) is 0.431. The number of nitrogens with two attached hydrogens (primary N) is 1. The zero-order chi connectivity index (χ0) is 12.7. The maximum Gasteiger partial charge on any atom is 0.189 e. The number of nitrogens with one attached hydrogen (secondary N) is 1. The summed E-state index contributed by atoms with van der Waals surface area (Å²) >= 11 is 3.42. The first-order chi connectivity index (χ1) is 8.11. The molecule has 0 aliphatic heterocycles. The van der Waals surface area contributed by atoms with Crippen molar-refractivity contribution in [2.75, 3.05) is 13.7 Å². The van der Waals surface area contributed by atoms with Crippen LogP contribution in [0.1, 0.15) is 12.5 Å². The molecule has 1 unspecified atom stereocenters. The Balaban J connectivity index is 0.00000289. The van der Waals surface area contributed by atoms with Crippen molar-refractivity contribution in [3.05, 3.63) is 34.3 Å². The van der Waals surface area contributed by atoms with Crippen LogP contribution in [0.3, 0.4) is 0 Å². The predicted molar refractivity (Wildman–Crippen MR) is 89.4 cm³/mol. The molecule has 1 rings (SSSR count). The minimum atomic E-state index is 0. The highest BCUT2D eigenvalue weighted by atomic mass is 127. The minimum Gasteiger partial charge on any atom is -0.383 e. The van der Waals surface area contributed by atoms with E-state index in [0.717, 1.165) is 10.0 Å². The molecule has 0 spiro atoms. The van der Waals surface area contributed by atoms with Gasteiger partial charge in [-0.05, 0) is 24.6 Å². The van der Waals surface area contributed by atoms with Crippen LogP contribution in [-0.4, -0.2) is 25.7 Å². The highest BCUT2D eigenvalue weighted by Gasteiger charge is 2.01. The molecule has 1 aromatic rings. The number of rotatable bonds is 5. The molecule has 0 amide bonds.